The number of alkyl halides is 1. The number of carbonyl (C=O) groups excluding carboxylic acids is 1. The SMILES string of the molecule is CC(=O)C(Br)Cc1cc(C)ccc1Br. The minimum absolute atomic E-state index is 0.0828. The number of aryl methyl sites for hydroxylation is 1. The molecule has 0 spiro atoms. The van der Waals surface area contributed by atoms with Gasteiger partial charge in [-0.25, -0.2) is 0 Å². The summed E-state index contributed by atoms with van der Waals surface area (Å²) in [6.07, 6.45) is 0.734. The second-order valence-electron chi connectivity index (χ2n) is 3.38. The zero-order chi connectivity index (χ0) is 10.7. The fourth-order valence-electron chi connectivity index (χ4n) is 1.20. The average Bonchev–Trinajstić information content (AvgIpc) is 2.11. The predicted octanol–water partition coefficient (Wildman–Crippen LogP) is 3.65. The maximum Gasteiger partial charge on any atom is 0.143 e. The Bertz CT molecular complexity index is 347. The predicted molar refractivity (Wildman–Crippen MR) is 66.0 cm³/mol. The molecule has 0 radical (unpaired) electrons. The van der Waals surface area contributed by atoms with Gasteiger partial charge in [0, 0.05) is 4.47 Å². The maximum absolute atomic E-state index is 11.1. The first kappa shape index (κ1) is 11.9. The van der Waals surface area contributed by atoms with Crippen LogP contribution < -0.4 is 0 Å². The normalized spacial score (nSPS) is 12.6. The highest BCUT2D eigenvalue weighted by Gasteiger charge is 2.12. The minimum atomic E-state index is -0.0828. The van der Waals surface area contributed by atoms with Crippen molar-refractivity contribution in [2.45, 2.75) is 25.1 Å². The lowest BCUT2D eigenvalue weighted by molar-refractivity contribution is -0.116. The number of halogens is 2. The molecule has 0 N–H and O–H groups in total. The van der Waals surface area contributed by atoms with Crippen molar-refractivity contribution in [2.75, 3.05) is 0 Å². The van der Waals surface area contributed by atoms with Crippen LogP contribution in [0.25, 0.3) is 0 Å². The molecular weight excluding hydrogens is 308 g/mol. The van der Waals surface area contributed by atoms with E-state index in [1.54, 1.807) is 6.92 Å². The number of rotatable bonds is 3. The second kappa shape index (κ2) is 5.08. The molecule has 76 valence electrons. The van der Waals surface area contributed by atoms with Crippen molar-refractivity contribution >= 4 is 37.6 Å². The molecule has 0 saturated heterocycles. The molecule has 1 aromatic rings. The van der Waals surface area contributed by atoms with Crippen LogP contribution in [0, 0.1) is 6.92 Å². The van der Waals surface area contributed by atoms with Gasteiger partial charge in [0.2, 0.25) is 0 Å². The largest absolute Gasteiger partial charge is 0.299 e. The first-order chi connectivity index (χ1) is 6.50. The van der Waals surface area contributed by atoms with Gasteiger partial charge in [0.05, 0.1) is 4.83 Å². The van der Waals surface area contributed by atoms with E-state index in [1.807, 2.05) is 19.1 Å². The molecule has 0 aromatic heterocycles. The van der Waals surface area contributed by atoms with Crippen LogP contribution in [0.15, 0.2) is 22.7 Å². The molecule has 1 aromatic carbocycles. The summed E-state index contributed by atoms with van der Waals surface area (Å²) < 4.78 is 1.06. The van der Waals surface area contributed by atoms with Crippen molar-refractivity contribution in [3.8, 4) is 0 Å². The van der Waals surface area contributed by atoms with Gasteiger partial charge in [0.25, 0.3) is 0 Å². The molecule has 0 fully saturated rings. The van der Waals surface area contributed by atoms with E-state index >= 15 is 0 Å². The van der Waals surface area contributed by atoms with Gasteiger partial charge in [-0.3, -0.25) is 4.79 Å². The molecule has 1 rings (SSSR count). The molecular formula is C11H12Br2O. The molecule has 0 aliphatic carbocycles. The van der Waals surface area contributed by atoms with E-state index in [1.165, 1.54) is 11.1 Å². The number of hydrogen-bond acceptors (Lipinski definition) is 1. The highest BCUT2D eigenvalue weighted by Crippen LogP contribution is 2.21. The van der Waals surface area contributed by atoms with Gasteiger partial charge < -0.3 is 0 Å². The third kappa shape index (κ3) is 3.21. The summed E-state index contributed by atoms with van der Waals surface area (Å²) in [5, 5.41) is 0. The van der Waals surface area contributed by atoms with Gasteiger partial charge in [-0.2, -0.15) is 0 Å². The topological polar surface area (TPSA) is 17.1 Å². The number of Topliss-reactive ketones (excluding diaryl/α,β-unsaturated/α-hetero) is 1. The van der Waals surface area contributed by atoms with Gasteiger partial charge >= 0.3 is 0 Å². The molecule has 0 amide bonds. The second-order valence-corrected chi connectivity index (χ2v) is 5.34. The zero-order valence-electron chi connectivity index (χ0n) is 8.18. The Balaban J connectivity index is 2.85. The number of ketones is 1. The van der Waals surface area contributed by atoms with Crippen molar-refractivity contribution < 1.29 is 4.79 Å². The van der Waals surface area contributed by atoms with Gasteiger partial charge in [0.15, 0.2) is 0 Å². The van der Waals surface area contributed by atoms with Crippen molar-refractivity contribution in [3.63, 3.8) is 0 Å². The smallest absolute Gasteiger partial charge is 0.143 e. The summed E-state index contributed by atoms with van der Waals surface area (Å²) in [5.41, 5.74) is 2.38. The molecule has 1 nitrogen and oxygen atoms in total. The molecule has 1 atom stereocenters. The monoisotopic (exact) mass is 318 g/mol. The lowest BCUT2D eigenvalue weighted by Gasteiger charge is -2.08. The van der Waals surface area contributed by atoms with E-state index in [-0.39, 0.29) is 10.6 Å². The highest BCUT2D eigenvalue weighted by atomic mass is 79.9. The van der Waals surface area contributed by atoms with Crippen LogP contribution in [-0.4, -0.2) is 10.6 Å². The van der Waals surface area contributed by atoms with Crippen LogP contribution in [0.2, 0.25) is 0 Å². The van der Waals surface area contributed by atoms with Crippen molar-refractivity contribution in [3.05, 3.63) is 33.8 Å². The molecule has 0 heterocycles. The van der Waals surface area contributed by atoms with Crippen molar-refractivity contribution in [1.82, 2.24) is 0 Å². The minimum Gasteiger partial charge on any atom is -0.299 e. The van der Waals surface area contributed by atoms with Crippen LogP contribution in [0.3, 0.4) is 0 Å². The number of carbonyl (C=O) groups is 1. The van der Waals surface area contributed by atoms with E-state index in [0.29, 0.717) is 0 Å². The Morgan fingerprint density at radius 2 is 2.14 bits per heavy atom. The quantitative estimate of drug-likeness (QED) is 0.777. The summed E-state index contributed by atoms with van der Waals surface area (Å²) >= 11 is 6.84. The molecule has 14 heavy (non-hydrogen) atoms. The lowest BCUT2D eigenvalue weighted by atomic mass is 10.1. The molecule has 0 saturated carbocycles. The highest BCUT2D eigenvalue weighted by molar-refractivity contribution is 9.10. The van der Waals surface area contributed by atoms with Gasteiger partial charge in [-0.15, -0.1) is 0 Å². The summed E-state index contributed by atoms with van der Waals surface area (Å²) in [5.74, 6) is 0.165. The Hall–Kier alpha value is -0.150. The van der Waals surface area contributed by atoms with Gasteiger partial charge in [-0.05, 0) is 31.9 Å². The first-order valence-electron chi connectivity index (χ1n) is 4.40. The van der Waals surface area contributed by atoms with Crippen LogP contribution >= 0.6 is 31.9 Å². The third-order valence-electron chi connectivity index (χ3n) is 2.04. The third-order valence-corrected chi connectivity index (χ3v) is 3.78. The Morgan fingerprint density at radius 1 is 1.50 bits per heavy atom. The Kier molecular flexibility index (Phi) is 4.32. The van der Waals surface area contributed by atoms with Gasteiger partial charge in [-0.1, -0.05) is 49.6 Å². The summed E-state index contributed by atoms with van der Waals surface area (Å²) in [4.78, 5) is 11.0. The van der Waals surface area contributed by atoms with Crippen LogP contribution in [0.5, 0.6) is 0 Å². The molecule has 0 bridgehead atoms. The summed E-state index contributed by atoms with van der Waals surface area (Å²) in [7, 11) is 0. The van der Waals surface area contributed by atoms with E-state index < -0.39 is 0 Å². The summed E-state index contributed by atoms with van der Waals surface area (Å²) in [6.45, 7) is 3.65. The van der Waals surface area contributed by atoms with E-state index in [4.69, 9.17) is 0 Å². The molecule has 1 unspecified atom stereocenters. The van der Waals surface area contributed by atoms with Crippen molar-refractivity contribution in [2.24, 2.45) is 0 Å². The first-order valence-corrected chi connectivity index (χ1v) is 6.11. The van der Waals surface area contributed by atoms with E-state index in [0.717, 1.165) is 10.9 Å². The fourth-order valence-corrected chi connectivity index (χ4v) is 1.95. The van der Waals surface area contributed by atoms with E-state index in [2.05, 4.69) is 37.9 Å². The molecule has 0 aliphatic heterocycles. The van der Waals surface area contributed by atoms with E-state index in [9.17, 15) is 4.79 Å². The Labute approximate surface area is 101 Å². The Morgan fingerprint density at radius 3 is 2.71 bits per heavy atom. The van der Waals surface area contributed by atoms with Gasteiger partial charge in [0.1, 0.15) is 5.78 Å². The van der Waals surface area contributed by atoms with Crippen molar-refractivity contribution in [1.29, 1.82) is 0 Å². The summed E-state index contributed by atoms with van der Waals surface area (Å²) in [6, 6.07) is 6.16. The average molecular weight is 320 g/mol. The van der Waals surface area contributed by atoms with Crippen LogP contribution in [-0.2, 0) is 11.2 Å². The maximum atomic E-state index is 11.1. The number of benzene rings is 1. The molecule has 0 aliphatic rings. The molecule has 3 heteroatoms. The zero-order valence-corrected chi connectivity index (χ0v) is 11.4. The number of hydrogen-bond donors (Lipinski definition) is 0. The lowest BCUT2D eigenvalue weighted by Crippen LogP contribution is -2.13. The van der Waals surface area contributed by atoms with Crippen LogP contribution in [0.4, 0.5) is 0 Å². The standard InChI is InChI=1S/C11H12Br2O/c1-7-3-4-10(12)9(5-7)6-11(13)8(2)14/h3-5,11H,6H2,1-2H3. The van der Waals surface area contributed by atoms with Crippen LogP contribution in [0.1, 0.15) is 18.1 Å². The fraction of sp³-hybridized carbons (Fsp3) is 0.364.